The summed E-state index contributed by atoms with van der Waals surface area (Å²) in [5.74, 6) is -0.635. The fraction of sp³-hybridized carbons (Fsp3) is 0.368. The molecular formula is C19H19ClN4O3S. The van der Waals surface area contributed by atoms with Crippen LogP contribution in [0.3, 0.4) is 0 Å². The first-order chi connectivity index (χ1) is 13.3. The predicted octanol–water partition coefficient (Wildman–Crippen LogP) is 3.73. The molecule has 9 heteroatoms. The third-order valence-electron chi connectivity index (χ3n) is 4.95. The number of halogens is 1. The topological polar surface area (TPSA) is 91.4 Å². The zero-order chi connectivity index (χ0) is 20.0. The van der Waals surface area contributed by atoms with Crippen LogP contribution >= 0.6 is 22.9 Å². The number of carbonyl (C=O) groups excluding carboxylic acids is 3. The van der Waals surface area contributed by atoms with Gasteiger partial charge in [-0.25, -0.2) is 4.98 Å². The zero-order valence-electron chi connectivity index (χ0n) is 15.4. The molecule has 0 saturated carbocycles. The number of thiazole rings is 1. The number of nitrogens with zero attached hydrogens (tertiary/aromatic N) is 2. The second-order valence-corrected chi connectivity index (χ2v) is 8.81. The van der Waals surface area contributed by atoms with Gasteiger partial charge in [-0.3, -0.25) is 14.4 Å². The first kappa shape index (κ1) is 18.9. The molecule has 1 saturated heterocycles. The van der Waals surface area contributed by atoms with Gasteiger partial charge >= 0.3 is 0 Å². The van der Waals surface area contributed by atoms with Crippen LogP contribution in [0.4, 0.5) is 11.4 Å². The van der Waals surface area contributed by atoms with Crippen LogP contribution in [0.15, 0.2) is 18.2 Å². The Balaban J connectivity index is 1.63. The molecule has 2 aliphatic rings. The molecule has 3 heterocycles. The number of fused-ring (bicyclic) bond motifs is 2. The van der Waals surface area contributed by atoms with Gasteiger partial charge in [0.2, 0.25) is 5.91 Å². The van der Waals surface area contributed by atoms with Crippen molar-refractivity contribution in [3.8, 4) is 0 Å². The summed E-state index contributed by atoms with van der Waals surface area (Å²) >= 11 is 7.27. The minimum Gasteiger partial charge on any atom is -0.327 e. The van der Waals surface area contributed by atoms with Crippen LogP contribution in [0, 0.1) is 0 Å². The molecule has 4 rings (SSSR count). The highest BCUT2D eigenvalue weighted by Gasteiger charge is 2.38. The molecule has 1 unspecified atom stereocenters. The number of nitrogens with one attached hydrogen (secondary N) is 2. The molecule has 0 aliphatic carbocycles. The smallest absolute Gasteiger partial charge is 0.275 e. The lowest BCUT2D eigenvalue weighted by atomic mass is 10.1. The fourth-order valence-corrected chi connectivity index (χ4v) is 4.73. The lowest BCUT2D eigenvalue weighted by Gasteiger charge is -2.20. The number of carbonyl (C=O) groups is 3. The highest BCUT2D eigenvalue weighted by Crippen LogP contribution is 2.32. The Morgan fingerprint density at radius 1 is 1.39 bits per heavy atom. The Morgan fingerprint density at radius 3 is 2.93 bits per heavy atom. The molecule has 28 heavy (non-hydrogen) atoms. The maximum Gasteiger partial charge on any atom is 0.275 e. The first-order valence-corrected chi connectivity index (χ1v) is 10.3. The molecule has 1 aromatic heterocycles. The van der Waals surface area contributed by atoms with Gasteiger partial charge < -0.3 is 15.5 Å². The first-order valence-electron chi connectivity index (χ1n) is 9.08. The van der Waals surface area contributed by atoms with Crippen molar-refractivity contribution in [1.29, 1.82) is 0 Å². The Hall–Kier alpha value is -2.45. The van der Waals surface area contributed by atoms with Gasteiger partial charge in [-0.15, -0.1) is 11.3 Å². The average Bonchev–Trinajstić information content (AvgIpc) is 3.27. The number of hydrogen-bond donors (Lipinski definition) is 2. The molecule has 7 nitrogen and oxygen atoms in total. The molecule has 0 bridgehead atoms. The largest absolute Gasteiger partial charge is 0.327 e. The molecule has 3 amide bonds. The lowest BCUT2D eigenvalue weighted by molar-refractivity contribution is -0.119. The van der Waals surface area contributed by atoms with Gasteiger partial charge in [-0.05, 0) is 37.0 Å². The molecule has 0 spiro atoms. The van der Waals surface area contributed by atoms with Crippen molar-refractivity contribution in [2.24, 2.45) is 0 Å². The van der Waals surface area contributed by atoms with E-state index >= 15 is 0 Å². The van der Waals surface area contributed by atoms with E-state index in [0.717, 1.165) is 11.3 Å². The Kier molecular flexibility index (Phi) is 4.84. The van der Waals surface area contributed by atoms with Gasteiger partial charge in [0.1, 0.15) is 11.7 Å². The van der Waals surface area contributed by atoms with Gasteiger partial charge in [0.25, 0.3) is 11.8 Å². The van der Waals surface area contributed by atoms with E-state index in [-0.39, 0.29) is 23.6 Å². The van der Waals surface area contributed by atoms with Crippen LogP contribution in [0.1, 0.15) is 58.3 Å². The van der Waals surface area contributed by atoms with Gasteiger partial charge in [0.05, 0.1) is 11.3 Å². The number of anilines is 2. The molecule has 146 valence electrons. The summed E-state index contributed by atoms with van der Waals surface area (Å²) in [7, 11) is 0. The summed E-state index contributed by atoms with van der Waals surface area (Å²) in [4.78, 5) is 44.5. The molecular weight excluding hydrogens is 400 g/mol. The highest BCUT2D eigenvalue weighted by atomic mass is 35.5. The Labute approximate surface area is 171 Å². The van der Waals surface area contributed by atoms with Crippen molar-refractivity contribution < 1.29 is 14.4 Å². The lowest BCUT2D eigenvalue weighted by Crippen LogP contribution is -2.40. The summed E-state index contributed by atoms with van der Waals surface area (Å²) < 4.78 is 0.314. The van der Waals surface area contributed by atoms with Crippen molar-refractivity contribution in [3.05, 3.63) is 38.8 Å². The summed E-state index contributed by atoms with van der Waals surface area (Å²) in [5, 5.41) is 5.61. The maximum atomic E-state index is 12.9. The quantitative estimate of drug-likeness (QED) is 0.794. The third kappa shape index (κ3) is 3.27. The van der Waals surface area contributed by atoms with Crippen LogP contribution < -0.4 is 10.6 Å². The van der Waals surface area contributed by atoms with Crippen molar-refractivity contribution in [1.82, 2.24) is 9.88 Å². The molecule has 0 radical (unpaired) electrons. The van der Waals surface area contributed by atoms with Crippen molar-refractivity contribution in [2.75, 3.05) is 17.2 Å². The standard InChI is InChI=1S/C19H19ClN4O3S/c1-9(2)15-14(23-19(20)28-15)17(26)21-10-5-6-12-11(8-10)18(27)24-7-3-4-13(24)16(25)22-12/h5-6,8-9,13H,3-4,7H2,1-2H3,(H,21,26)(H,22,25). The summed E-state index contributed by atoms with van der Waals surface area (Å²) in [6.07, 6.45) is 1.47. The summed E-state index contributed by atoms with van der Waals surface area (Å²) in [6.45, 7) is 4.50. The van der Waals surface area contributed by atoms with E-state index in [2.05, 4.69) is 15.6 Å². The second-order valence-electron chi connectivity index (χ2n) is 7.19. The van der Waals surface area contributed by atoms with Crippen LogP contribution in [-0.4, -0.2) is 40.2 Å². The fourth-order valence-electron chi connectivity index (χ4n) is 3.61. The van der Waals surface area contributed by atoms with E-state index in [0.29, 0.717) is 40.1 Å². The van der Waals surface area contributed by atoms with E-state index in [1.54, 1.807) is 23.1 Å². The van der Waals surface area contributed by atoms with E-state index in [1.807, 2.05) is 13.8 Å². The van der Waals surface area contributed by atoms with E-state index in [4.69, 9.17) is 11.6 Å². The second kappa shape index (κ2) is 7.18. The number of aromatic nitrogens is 1. The van der Waals surface area contributed by atoms with E-state index in [9.17, 15) is 14.4 Å². The SMILES string of the molecule is CC(C)c1sc(Cl)nc1C(=O)Nc1ccc2c(c1)C(=O)N1CCCC1C(=O)N2. The van der Waals surface area contributed by atoms with Gasteiger partial charge in [-0.2, -0.15) is 0 Å². The summed E-state index contributed by atoms with van der Waals surface area (Å²) in [6, 6.07) is 4.47. The van der Waals surface area contributed by atoms with Gasteiger partial charge in [-0.1, -0.05) is 25.4 Å². The molecule has 1 aromatic carbocycles. The van der Waals surface area contributed by atoms with Crippen LogP contribution in [-0.2, 0) is 4.79 Å². The highest BCUT2D eigenvalue weighted by molar-refractivity contribution is 7.16. The van der Waals surface area contributed by atoms with E-state index in [1.165, 1.54) is 11.3 Å². The normalized spacial score (nSPS) is 18.6. The van der Waals surface area contributed by atoms with Crippen LogP contribution in [0.25, 0.3) is 0 Å². The number of amides is 3. The molecule has 2 aromatic rings. The van der Waals surface area contributed by atoms with Crippen molar-refractivity contribution in [3.63, 3.8) is 0 Å². The summed E-state index contributed by atoms with van der Waals surface area (Å²) in [5.41, 5.74) is 1.58. The van der Waals surface area contributed by atoms with Gasteiger partial charge in [0.15, 0.2) is 4.47 Å². The molecule has 1 fully saturated rings. The third-order valence-corrected chi connectivity index (χ3v) is 6.41. The number of benzene rings is 1. The average molecular weight is 419 g/mol. The van der Waals surface area contributed by atoms with Gasteiger partial charge in [0, 0.05) is 17.1 Å². The van der Waals surface area contributed by atoms with Crippen molar-refractivity contribution in [2.45, 2.75) is 38.6 Å². The maximum absolute atomic E-state index is 12.9. The monoisotopic (exact) mass is 418 g/mol. The molecule has 2 N–H and O–H groups in total. The molecule has 2 aliphatic heterocycles. The Morgan fingerprint density at radius 2 is 2.18 bits per heavy atom. The van der Waals surface area contributed by atoms with Crippen LogP contribution in [0.2, 0.25) is 4.47 Å². The van der Waals surface area contributed by atoms with Crippen molar-refractivity contribution >= 4 is 52.0 Å². The molecule has 1 atom stereocenters. The van der Waals surface area contributed by atoms with E-state index < -0.39 is 6.04 Å². The minimum atomic E-state index is -0.427. The predicted molar refractivity (Wildman–Crippen MR) is 108 cm³/mol. The Bertz CT molecular complexity index is 988. The van der Waals surface area contributed by atoms with Crippen LogP contribution in [0.5, 0.6) is 0 Å². The zero-order valence-corrected chi connectivity index (χ0v) is 17.0. The number of rotatable bonds is 3. The minimum absolute atomic E-state index is 0.113. The number of hydrogen-bond acceptors (Lipinski definition) is 5.